The maximum absolute atomic E-state index is 11.5. The minimum Gasteiger partial charge on any atom is -0.493 e. The van der Waals surface area contributed by atoms with Gasteiger partial charge in [-0.05, 0) is 24.6 Å². The van der Waals surface area contributed by atoms with Crippen LogP contribution >= 0.6 is 11.6 Å². The third kappa shape index (κ3) is 4.69. The standard InChI is InChI=1S/C20H19ClN4O3/c1-13-6-8-14(9-7-13)12-28-19-15(4-3-5-17(19)27-2)10-22-24-16-11-23-25-20(26)18(16)21/h3-11H,12H2,1-2H3,(H2,24,25,26)/b22-10+. The number of rotatable bonds is 7. The topological polar surface area (TPSA) is 88.6 Å². The van der Waals surface area contributed by atoms with Gasteiger partial charge in [0.25, 0.3) is 5.56 Å². The van der Waals surface area contributed by atoms with Crippen LogP contribution in [0.3, 0.4) is 0 Å². The number of hydrogen-bond acceptors (Lipinski definition) is 6. The molecule has 2 aromatic carbocycles. The van der Waals surface area contributed by atoms with Gasteiger partial charge >= 0.3 is 0 Å². The maximum atomic E-state index is 11.5. The third-order valence-electron chi connectivity index (χ3n) is 3.92. The number of anilines is 1. The van der Waals surface area contributed by atoms with Crippen LogP contribution in [0.5, 0.6) is 11.5 Å². The van der Waals surface area contributed by atoms with Gasteiger partial charge in [0.15, 0.2) is 11.5 Å². The lowest BCUT2D eigenvalue weighted by Gasteiger charge is -2.13. The van der Waals surface area contributed by atoms with Crippen molar-refractivity contribution < 1.29 is 9.47 Å². The van der Waals surface area contributed by atoms with Gasteiger partial charge in [-0.15, -0.1) is 0 Å². The monoisotopic (exact) mass is 398 g/mol. The Morgan fingerprint density at radius 2 is 2.04 bits per heavy atom. The van der Waals surface area contributed by atoms with E-state index in [0.29, 0.717) is 29.4 Å². The number of H-pyrrole nitrogens is 1. The molecule has 0 aliphatic rings. The van der Waals surface area contributed by atoms with E-state index in [0.717, 1.165) is 5.56 Å². The summed E-state index contributed by atoms with van der Waals surface area (Å²) in [7, 11) is 1.58. The van der Waals surface area contributed by atoms with Crippen LogP contribution < -0.4 is 20.5 Å². The van der Waals surface area contributed by atoms with E-state index in [-0.39, 0.29) is 5.02 Å². The molecule has 3 aromatic rings. The van der Waals surface area contributed by atoms with Gasteiger partial charge in [-0.3, -0.25) is 10.2 Å². The predicted molar refractivity (Wildman–Crippen MR) is 110 cm³/mol. The minimum absolute atomic E-state index is 0.0198. The Labute approximate surface area is 167 Å². The lowest BCUT2D eigenvalue weighted by Crippen LogP contribution is -2.10. The Bertz CT molecular complexity index is 1030. The highest BCUT2D eigenvalue weighted by molar-refractivity contribution is 6.32. The number of aryl methyl sites for hydroxylation is 1. The molecule has 0 aliphatic carbocycles. The fraction of sp³-hybridized carbons (Fsp3) is 0.150. The van der Waals surface area contributed by atoms with Crippen molar-refractivity contribution >= 4 is 23.5 Å². The van der Waals surface area contributed by atoms with Crippen molar-refractivity contribution in [1.29, 1.82) is 0 Å². The SMILES string of the molecule is COc1cccc(/C=N/Nc2cn[nH]c(=O)c2Cl)c1OCc1ccc(C)cc1. The molecule has 0 unspecified atom stereocenters. The quantitative estimate of drug-likeness (QED) is 0.467. The predicted octanol–water partition coefficient (Wildman–Crippen LogP) is 3.77. The molecule has 0 atom stereocenters. The summed E-state index contributed by atoms with van der Waals surface area (Å²) in [5.74, 6) is 1.15. The molecule has 1 heterocycles. The van der Waals surface area contributed by atoms with E-state index in [1.54, 1.807) is 13.3 Å². The summed E-state index contributed by atoms with van der Waals surface area (Å²) in [6.07, 6.45) is 2.94. The van der Waals surface area contributed by atoms with Crippen molar-refractivity contribution in [2.45, 2.75) is 13.5 Å². The average Bonchev–Trinajstić information content (AvgIpc) is 2.71. The number of nitrogens with one attached hydrogen (secondary N) is 2. The van der Waals surface area contributed by atoms with Gasteiger partial charge in [0.2, 0.25) is 0 Å². The molecule has 144 valence electrons. The summed E-state index contributed by atoms with van der Waals surface area (Å²) in [5, 5.41) is 10.0. The largest absolute Gasteiger partial charge is 0.493 e. The van der Waals surface area contributed by atoms with E-state index in [1.165, 1.54) is 11.8 Å². The van der Waals surface area contributed by atoms with Crippen LogP contribution in [0.2, 0.25) is 5.02 Å². The number of halogens is 1. The highest BCUT2D eigenvalue weighted by Gasteiger charge is 2.10. The number of ether oxygens (including phenoxy) is 2. The zero-order chi connectivity index (χ0) is 19.9. The van der Waals surface area contributed by atoms with E-state index < -0.39 is 5.56 Å². The summed E-state index contributed by atoms with van der Waals surface area (Å²) in [6, 6.07) is 13.6. The van der Waals surface area contributed by atoms with Crippen LogP contribution in [0.25, 0.3) is 0 Å². The van der Waals surface area contributed by atoms with E-state index in [4.69, 9.17) is 21.1 Å². The van der Waals surface area contributed by atoms with Crippen LogP contribution in [0.4, 0.5) is 5.69 Å². The van der Waals surface area contributed by atoms with Crippen LogP contribution in [0.1, 0.15) is 16.7 Å². The van der Waals surface area contributed by atoms with Gasteiger partial charge in [0.05, 0.1) is 19.5 Å². The summed E-state index contributed by atoms with van der Waals surface area (Å²) >= 11 is 5.92. The molecule has 8 heteroatoms. The Kier molecular flexibility index (Phi) is 6.29. The van der Waals surface area contributed by atoms with E-state index in [2.05, 4.69) is 20.7 Å². The lowest BCUT2D eigenvalue weighted by atomic mass is 10.1. The van der Waals surface area contributed by atoms with Crippen LogP contribution in [-0.4, -0.2) is 23.5 Å². The van der Waals surface area contributed by atoms with Crippen LogP contribution in [0.15, 0.2) is 58.6 Å². The van der Waals surface area contributed by atoms with Crippen molar-refractivity contribution in [2.24, 2.45) is 5.10 Å². The lowest BCUT2D eigenvalue weighted by molar-refractivity contribution is 0.284. The second-order valence-electron chi connectivity index (χ2n) is 5.95. The molecule has 2 N–H and O–H groups in total. The van der Waals surface area contributed by atoms with Gasteiger partial charge in [-0.1, -0.05) is 47.5 Å². The van der Waals surface area contributed by atoms with Crippen molar-refractivity contribution in [1.82, 2.24) is 10.2 Å². The number of para-hydroxylation sites is 1. The number of aromatic amines is 1. The van der Waals surface area contributed by atoms with E-state index in [1.807, 2.05) is 49.4 Å². The molecule has 0 aliphatic heterocycles. The first-order valence-corrected chi connectivity index (χ1v) is 8.84. The van der Waals surface area contributed by atoms with E-state index in [9.17, 15) is 4.79 Å². The van der Waals surface area contributed by atoms with Crippen molar-refractivity contribution in [2.75, 3.05) is 12.5 Å². The second kappa shape index (κ2) is 9.05. The number of methoxy groups -OCH3 is 1. The van der Waals surface area contributed by atoms with Gasteiger partial charge < -0.3 is 9.47 Å². The van der Waals surface area contributed by atoms with Crippen LogP contribution in [0, 0.1) is 6.92 Å². The maximum Gasteiger partial charge on any atom is 0.285 e. The Balaban J connectivity index is 1.79. The van der Waals surface area contributed by atoms with Crippen LogP contribution in [-0.2, 0) is 6.61 Å². The number of hydrogen-bond donors (Lipinski definition) is 2. The highest BCUT2D eigenvalue weighted by Crippen LogP contribution is 2.31. The number of aromatic nitrogens is 2. The summed E-state index contributed by atoms with van der Waals surface area (Å²) < 4.78 is 11.4. The van der Waals surface area contributed by atoms with Gasteiger partial charge in [-0.2, -0.15) is 10.2 Å². The number of nitrogens with zero attached hydrogens (tertiary/aromatic N) is 2. The molecule has 0 radical (unpaired) electrons. The molecule has 7 nitrogen and oxygen atoms in total. The molecule has 0 spiro atoms. The molecule has 1 aromatic heterocycles. The fourth-order valence-corrected chi connectivity index (χ4v) is 2.56. The Hall–Kier alpha value is -3.32. The van der Waals surface area contributed by atoms with Gasteiger partial charge in [0.1, 0.15) is 17.3 Å². The highest BCUT2D eigenvalue weighted by atomic mass is 35.5. The first-order chi connectivity index (χ1) is 13.6. The fourth-order valence-electron chi connectivity index (χ4n) is 2.42. The van der Waals surface area contributed by atoms with Crippen molar-refractivity contribution in [3.63, 3.8) is 0 Å². The molecule has 0 amide bonds. The van der Waals surface area contributed by atoms with Crippen molar-refractivity contribution in [3.05, 3.63) is 80.7 Å². The molecule has 0 saturated carbocycles. The molecule has 0 bridgehead atoms. The summed E-state index contributed by atoms with van der Waals surface area (Å²) in [5.41, 5.74) is 5.44. The smallest absolute Gasteiger partial charge is 0.285 e. The van der Waals surface area contributed by atoms with Gasteiger partial charge in [-0.25, -0.2) is 5.10 Å². The summed E-state index contributed by atoms with van der Waals surface area (Å²) in [6.45, 7) is 2.42. The average molecular weight is 399 g/mol. The summed E-state index contributed by atoms with van der Waals surface area (Å²) in [4.78, 5) is 11.5. The van der Waals surface area contributed by atoms with E-state index >= 15 is 0 Å². The minimum atomic E-state index is -0.495. The molecule has 0 saturated heterocycles. The van der Waals surface area contributed by atoms with Crippen molar-refractivity contribution in [3.8, 4) is 11.5 Å². The number of benzene rings is 2. The Morgan fingerprint density at radius 1 is 1.25 bits per heavy atom. The zero-order valence-corrected chi connectivity index (χ0v) is 16.2. The van der Waals surface area contributed by atoms with Gasteiger partial charge in [0, 0.05) is 5.56 Å². The zero-order valence-electron chi connectivity index (χ0n) is 15.4. The Morgan fingerprint density at radius 3 is 2.79 bits per heavy atom. The second-order valence-corrected chi connectivity index (χ2v) is 6.33. The number of hydrazone groups is 1. The third-order valence-corrected chi connectivity index (χ3v) is 4.29. The normalized spacial score (nSPS) is 10.8. The molecular formula is C20H19ClN4O3. The first kappa shape index (κ1) is 19.4. The molecule has 28 heavy (non-hydrogen) atoms. The molecule has 0 fully saturated rings. The molecule has 3 rings (SSSR count). The molecular weight excluding hydrogens is 380 g/mol. The first-order valence-electron chi connectivity index (χ1n) is 8.46.